The molecule has 1 aromatic rings. The summed E-state index contributed by atoms with van der Waals surface area (Å²) in [6.45, 7) is 8.64. The summed E-state index contributed by atoms with van der Waals surface area (Å²) in [5.74, 6) is 0.401. The number of aromatic hydroxyl groups is 1. The highest BCUT2D eigenvalue weighted by molar-refractivity contribution is 5.38. The molecule has 0 amide bonds. The first-order chi connectivity index (χ1) is 7.40. The first-order valence-corrected chi connectivity index (χ1v) is 5.96. The molecule has 2 N–H and O–H groups in total. The van der Waals surface area contributed by atoms with Crippen LogP contribution in [0.25, 0.3) is 0 Å². The van der Waals surface area contributed by atoms with Crippen LogP contribution in [0.15, 0.2) is 18.2 Å². The van der Waals surface area contributed by atoms with Gasteiger partial charge in [-0.3, -0.25) is 0 Å². The molecular formula is C14H21NO. The third-order valence-corrected chi connectivity index (χ3v) is 3.62. The Morgan fingerprint density at radius 3 is 2.56 bits per heavy atom. The Morgan fingerprint density at radius 2 is 2.06 bits per heavy atom. The van der Waals surface area contributed by atoms with Crippen molar-refractivity contribution in [2.75, 3.05) is 0 Å². The summed E-state index contributed by atoms with van der Waals surface area (Å²) in [7, 11) is 0. The Hall–Kier alpha value is -1.02. The van der Waals surface area contributed by atoms with Gasteiger partial charge in [0.1, 0.15) is 5.75 Å². The summed E-state index contributed by atoms with van der Waals surface area (Å²) in [4.78, 5) is 0. The van der Waals surface area contributed by atoms with Crippen molar-refractivity contribution in [1.82, 2.24) is 5.32 Å². The largest absolute Gasteiger partial charge is 0.508 e. The molecule has 0 radical (unpaired) electrons. The van der Waals surface area contributed by atoms with Gasteiger partial charge in [0.15, 0.2) is 0 Å². The maximum absolute atomic E-state index is 9.89. The van der Waals surface area contributed by atoms with Gasteiger partial charge >= 0.3 is 0 Å². The molecule has 2 heteroatoms. The lowest BCUT2D eigenvalue weighted by molar-refractivity contribution is 0.441. The summed E-state index contributed by atoms with van der Waals surface area (Å²) < 4.78 is 0. The normalized spacial score (nSPS) is 24.1. The zero-order chi connectivity index (χ0) is 11.9. The Morgan fingerprint density at radius 1 is 1.44 bits per heavy atom. The average Bonchev–Trinajstić information content (AvgIpc) is 2.72. The summed E-state index contributed by atoms with van der Waals surface area (Å²) in [6, 6.07) is 6.68. The first-order valence-electron chi connectivity index (χ1n) is 5.96. The van der Waals surface area contributed by atoms with Crippen LogP contribution in [-0.2, 0) is 0 Å². The van der Waals surface area contributed by atoms with Crippen LogP contribution in [0.5, 0.6) is 5.75 Å². The van der Waals surface area contributed by atoms with Crippen molar-refractivity contribution in [3.63, 3.8) is 0 Å². The molecule has 0 saturated heterocycles. The summed E-state index contributed by atoms with van der Waals surface area (Å²) in [5, 5.41) is 13.4. The molecule has 0 heterocycles. The lowest BCUT2D eigenvalue weighted by atomic mass is 10.0. The molecule has 1 fully saturated rings. The van der Waals surface area contributed by atoms with Crippen molar-refractivity contribution in [3.8, 4) is 5.75 Å². The van der Waals surface area contributed by atoms with Crippen LogP contribution in [-0.4, -0.2) is 11.1 Å². The molecule has 88 valence electrons. The summed E-state index contributed by atoms with van der Waals surface area (Å²) in [6.07, 6.45) is 1.23. The van der Waals surface area contributed by atoms with Crippen LogP contribution in [0.3, 0.4) is 0 Å². The molecule has 1 aromatic carbocycles. The monoisotopic (exact) mass is 219 g/mol. The van der Waals surface area contributed by atoms with E-state index in [9.17, 15) is 5.11 Å². The number of benzene rings is 1. The van der Waals surface area contributed by atoms with Gasteiger partial charge in [-0.15, -0.1) is 0 Å². The zero-order valence-electron chi connectivity index (χ0n) is 10.5. The second-order valence-electron chi connectivity index (χ2n) is 5.70. The maximum Gasteiger partial charge on any atom is 0.120 e. The number of rotatable bonds is 3. The highest BCUT2D eigenvalue weighted by Gasteiger charge is 2.46. The third-order valence-electron chi connectivity index (χ3n) is 3.62. The first kappa shape index (κ1) is 11.5. The Balaban J connectivity index is 2.06. The van der Waals surface area contributed by atoms with Gasteiger partial charge in [-0.2, -0.15) is 0 Å². The van der Waals surface area contributed by atoms with Gasteiger partial charge < -0.3 is 10.4 Å². The average molecular weight is 219 g/mol. The molecule has 1 aliphatic rings. The molecule has 0 aliphatic heterocycles. The quantitative estimate of drug-likeness (QED) is 0.818. The lowest BCUT2D eigenvalue weighted by Crippen LogP contribution is -2.24. The minimum absolute atomic E-state index is 0.215. The lowest BCUT2D eigenvalue weighted by Gasteiger charge is -2.17. The topological polar surface area (TPSA) is 32.3 Å². The van der Waals surface area contributed by atoms with Gasteiger partial charge in [0.2, 0.25) is 0 Å². The minimum atomic E-state index is 0.215. The van der Waals surface area contributed by atoms with E-state index in [4.69, 9.17) is 0 Å². The minimum Gasteiger partial charge on any atom is -0.508 e. The SMILES string of the molecule is Cc1ccc(C(C)NC2CC2(C)C)c(O)c1. The van der Waals surface area contributed by atoms with Crippen molar-refractivity contribution in [2.45, 2.75) is 46.2 Å². The van der Waals surface area contributed by atoms with E-state index in [-0.39, 0.29) is 6.04 Å². The fourth-order valence-corrected chi connectivity index (χ4v) is 2.16. The predicted molar refractivity (Wildman–Crippen MR) is 66.6 cm³/mol. The molecule has 1 saturated carbocycles. The van der Waals surface area contributed by atoms with Gasteiger partial charge in [0.05, 0.1) is 0 Å². The smallest absolute Gasteiger partial charge is 0.120 e. The Labute approximate surface area is 97.7 Å². The van der Waals surface area contributed by atoms with Crippen LogP contribution < -0.4 is 5.32 Å². The molecule has 0 bridgehead atoms. The van der Waals surface area contributed by atoms with Crippen molar-refractivity contribution in [2.24, 2.45) is 5.41 Å². The van der Waals surface area contributed by atoms with E-state index in [0.29, 0.717) is 17.2 Å². The number of phenols is 1. The van der Waals surface area contributed by atoms with Gasteiger partial charge in [-0.1, -0.05) is 26.0 Å². The molecule has 2 atom stereocenters. The second kappa shape index (κ2) is 3.77. The Bertz CT molecular complexity index is 398. The molecule has 16 heavy (non-hydrogen) atoms. The van der Waals surface area contributed by atoms with E-state index in [0.717, 1.165) is 11.1 Å². The molecule has 1 aliphatic carbocycles. The number of hydrogen-bond acceptors (Lipinski definition) is 2. The predicted octanol–water partition coefficient (Wildman–Crippen LogP) is 3.15. The van der Waals surface area contributed by atoms with Gasteiger partial charge in [-0.05, 0) is 37.3 Å². The van der Waals surface area contributed by atoms with Crippen LogP contribution >= 0.6 is 0 Å². The third kappa shape index (κ3) is 2.22. The van der Waals surface area contributed by atoms with Crippen LogP contribution in [0.4, 0.5) is 0 Å². The van der Waals surface area contributed by atoms with E-state index >= 15 is 0 Å². The zero-order valence-corrected chi connectivity index (χ0v) is 10.5. The van der Waals surface area contributed by atoms with Gasteiger partial charge in [-0.25, -0.2) is 0 Å². The van der Waals surface area contributed by atoms with E-state index < -0.39 is 0 Å². The highest BCUT2D eigenvalue weighted by atomic mass is 16.3. The fraction of sp³-hybridized carbons (Fsp3) is 0.571. The van der Waals surface area contributed by atoms with Crippen LogP contribution in [0, 0.1) is 12.3 Å². The van der Waals surface area contributed by atoms with Gasteiger partial charge in [0.25, 0.3) is 0 Å². The van der Waals surface area contributed by atoms with E-state index in [1.165, 1.54) is 6.42 Å². The maximum atomic E-state index is 9.89. The van der Waals surface area contributed by atoms with E-state index in [2.05, 4.69) is 26.1 Å². The molecule has 2 rings (SSSR count). The van der Waals surface area contributed by atoms with E-state index in [1.54, 1.807) is 0 Å². The highest BCUT2D eigenvalue weighted by Crippen LogP contribution is 2.46. The Kier molecular flexibility index (Phi) is 2.70. The molecule has 2 nitrogen and oxygen atoms in total. The molecule has 0 aromatic heterocycles. The van der Waals surface area contributed by atoms with Gasteiger partial charge in [0, 0.05) is 17.6 Å². The number of aryl methyl sites for hydroxylation is 1. The second-order valence-corrected chi connectivity index (χ2v) is 5.70. The number of hydrogen-bond donors (Lipinski definition) is 2. The van der Waals surface area contributed by atoms with E-state index in [1.807, 2.05) is 25.1 Å². The van der Waals surface area contributed by atoms with Crippen LogP contribution in [0.1, 0.15) is 44.4 Å². The van der Waals surface area contributed by atoms with Crippen molar-refractivity contribution in [1.29, 1.82) is 0 Å². The van der Waals surface area contributed by atoms with Crippen LogP contribution in [0.2, 0.25) is 0 Å². The number of phenolic OH excluding ortho intramolecular Hbond substituents is 1. The summed E-state index contributed by atoms with van der Waals surface area (Å²) in [5.41, 5.74) is 2.52. The fourth-order valence-electron chi connectivity index (χ4n) is 2.16. The molecular weight excluding hydrogens is 198 g/mol. The molecule has 2 unspecified atom stereocenters. The number of nitrogens with one attached hydrogen (secondary N) is 1. The van der Waals surface area contributed by atoms with Crippen molar-refractivity contribution < 1.29 is 5.11 Å². The van der Waals surface area contributed by atoms with Crippen molar-refractivity contribution in [3.05, 3.63) is 29.3 Å². The summed E-state index contributed by atoms with van der Waals surface area (Å²) >= 11 is 0. The standard InChI is InChI=1S/C14H21NO/c1-9-5-6-11(12(16)7-9)10(2)15-13-8-14(13,3)4/h5-7,10,13,15-16H,8H2,1-4H3. The van der Waals surface area contributed by atoms with Crippen molar-refractivity contribution >= 4 is 0 Å². The molecule has 0 spiro atoms.